The Morgan fingerprint density at radius 3 is 2.90 bits per heavy atom. The molecule has 0 saturated heterocycles. The highest BCUT2D eigenvalue weighted by atomic mass is 16.7. The van der Waals surface area contributed by atoms with Gasteiger partial charge in [-0.25, -0.2) is 0 Å². The number of carbonyl (C=O) groups is 1. The van der Waals surface area contributed by atoms with Crippen LogP contribution < -0.4 is 20.1 Å². The summed E-state index contributed by atoms with van der Waals surface area (Å²) in [6.07, 6.45) is 1.40. The van der Waals surface area contributed by atoms with E-state index in [1.165, 1.54) is 0 Å². The largest absolute Gasteiger partial charge is 0.454 e. The van der Waals surface area contributed by atoms with Crippen molar-refractivity contribution in [2.24, 2.45) is 0 Å². The SMILES string of the molecule is CC(C)NCCCC(=O)NCc1ccc2c(c1)OCO2. The first kappa shape index (κ1) is 14.7. The van der Waals surface area contributed by atoms with Crippen molar-refractivity contribution in [3.8, 4) is 11.5 Å². The van der Waals surface area contributed by atoms with Crippen molar-refractivity contribution in [2.75, 3.05) is 13.3 Å². The summed E-state index contributed by atoms with van der Waals surface area (Å²) in [6, 6.07) is 6.18. The molecular formula is C15H22N2O3. The van der Waals surface area contributed by atoms with Crippen LogP contribution in [0.5, 0.6) is 11.5 Å². The summed E-state index contributed by atoms with van der Waals surface area (Å²) in [6.45, 7) is 5.86. The van der Waals surface area contributed by atoms with Crippen LogP contribution in [0.2, 0.25) is 0 Å². The van der Waals surface area contributed by atoms with Crippen LogP contribution in [0.1, 0.15) is 32.3 Å². The molecule has 0 spiro atoms. The quantitative estimate of drug-likeness (QED) is 0.747. The minimum Gasteiger partial charge on any atom is -0.454 e. The topological polar surface area (TPSA) is 59.6 Å². The zero-order valence-electron chi connectivity index (χ0n) is 12.1. The molecule has 0 atom stereocenters. The molecule has 1 amide bonds. The lowest BCUT2D eigenvalue weighted by Gasteiger charge is -2.08. The summed E-state index contributed by atoms with van der Waals surface area (Å²) >= 11 is 0. The monoisotopic (exact) mass is 278 g/mol. The molecule has 0 saturated carbocycles. The summed E-state index contributed by atoms with van der Waals surface area (Å²) in [5.41, 5.74) is 1.02. The molecule has 0 unspecified atom stereocenters. The van der Waals surface area contributed by atoms with Crippen LogP contribution in [-0.2, 0) is 11.3 Å². The molecule has 2 rings (SSSR count). The maximum atomic E-state index is 11.7. The van der Waals surface area contributed by atoms with Crippen LogP contribution in [0, 0.1) is 0 Å². The summed E-state index contributed by atoms with van der Waals surface area (Å²) < 4.78 is 10.6. The fourth-order valence-electron chi connectivity index (χ4n) is 1.98. The van der Waals surface area contributed by atoms with Crippen LogP contribution in [0.4, 0.5) is 0 Å². The van der Waals surface area contributed by atoms with Gasteiger partial charge in [-0.2, -0.15) is 0 Å². The Labute approximate surface area is 119 Å². The maximum absolute atomic E-state index is 11.7. The van der Waals surface area contributed by atoms with E-state index in [2.05, 4.69) is 24.5 Å². The Balaban J connectivity index is 1.68. The molecule has 0 aromatic heterocycles. The lowest BCUT2D eigenvalue weighted by Crippen LogP contribution is -2.27. The van der Waals surface area contributed by atoms with Crippen molar-refractivity contribution in [1.82, 2.24) is 10.6 Å². The Hall–Kier alpha value is -1.75. The highest BCUT2D eigenvalue weighted by Gasteiger charge is 2.13. The van der Waals surface area contributed by atoms with Gasteiger partial charge in [-0.05, 0) is 30.7 Å². The van der Waals surface area contributed by atoms with Crippen molar-refractivity contribution in [2.45, 2.75) is 39.3 Å². The second-order valence-electron chi connectivity index (χ2n) is 5.18. The standard InChI is InChI=1S/C15H22N2O3/c1-11(2)16-7-3-4-15(18)17-9-12-5-6-13-14(8-12)20-10-19-13/h5-6,8,11,16H,3-4,7,9-10H2,1-2H3,(H,17,18). The number of rotatable bonds is 7. The van der Waals surface area contributed by atoms with Crippen LogP contribution in [0.3, 0.4) is 0 Å². The van der Waals surface area contributed by atoms with Gasteiger partial charge in [-0.3, -0.25) is 4.79 Å². The zero-order valence-corrected chi connectivity index (χ0v) is 12.1. The van der Waals surface area contributed by atoms with E-state index in [4.69, 9.17) is 9.47 Å². The number of benzene rings is 1. The van der Waals surface area contributed by atoms with E-state index in [1.807, 2.05) is 18.2 Å². The van der Waals surface area contributed by atoms with E-state index < -0.39 is 0 Å². The van der Waals surface area contributed by atoms with Crippen LogP contribution >= 0.6 is 0 Å². The molecule has 2 N–H and O–H groups in total. The van der Waals surface area contributed by atoms with Crippen LogP contribution in [0.15, 0.2) is 18.2 Å². The van der Waals surface area contributed by atoms with Crippen molar-refractivity contribution in [3.05, 3.63) is 23.8 Å². The molecular weight excluding hydrogens is 256 g/mol. The summed E-state index contributed by atoms with van der Waals surface area (Å²) in [5, 5.41) is 6.21. The Morgan fingerprint density at radius 2 is 2.10 bits per heavy atom. The summed E-state index contributed by atoms with van der Waals surface area (Å²) in [7, 11) is 0. The minimum atomic E-state index is 0.0771. The van der Waals surface area contributed by atoms with Gasteiger partial charge in [0.05, 0.1) is 0 Å². The zero-order chi connectivity index (χ0) is 14.4. The molecule has 1 aromatic carbocycles. The molecule has 1 aliphatic rings. The van der Waals surface area contributed by atoms with Gasteiger partial charge >= 0.3 is 0 Å². The summed E-state index contributed by atoms with van der Waals surface area (Å²) in [5.74, 6) is 1.59. The van der Waals surface area contributed by atoms with E-state index >= 15 is 0 Å². The Kier molecular flexibility index (Phi) is 5.24. The van der Waals surface area contributed by atoms with Crippen molar-refractivity contribution >= 4 is 5.91 Å². The fourth-order valence-corrected chi connectivity index (χ4v) is 1.98. The third-order valence-electron chi connectivity index (χ3n) is 3.06. The molecule has 20 heavy (non-hydrogen) atoms. The highest BCUT2D eigenvalue weighted by molar-refractivity contribution is 5.75. The molecule has 0 radical (unpaired) electrons. The number of ether oxygens (including phenoxy) is 2. The molecule has 0 aliphatic carbocycles. The number of nitrogens with one attached hydrogen (secondary N) is 2. The minimum absolute atomic E-state index is 0.0771. The van der Waals surface area contributed by atoms with Gasteiger partial charge in [-0.1, -0.05) is 19.9 Å². The average Bonchev–Trinajstić information content (AvgIpc) is 2.88. The molecule has 0 fully saturated rings. The van der Waals surface area contributed by atoms with Gasteiger partial charge in [0, 0.05) is 19.0 Å². The van der Waals surface area contributed by atoms with E-state index in [-0.39, 0.29) is 12.7 Å². The second kappa shape index (κ2) is 7.14. The van der Waals surface area contributed by atoms with Crippen LogP contribution in [-0.4, -0.2) is 25.3 Å². The number of amides is 1. The molecule has 1 aromatic rings. The Bertz CT molecular complexity index is 460. The number of hydrogen-bond donors (Lipinski definition) is 2. The number of fused-ring (bicyclic) bond motifs is 1. The molecule has 1 heterocycles. The fraction of sp³-hybridized carbons (Fsp3) is 0.533. The van der Waals surface area contributed by atoms with Crippen molar-refractivity contribution in [1.29, 1.82) is 0 Å². The third-order valence-corrected chi connectivity index (χ3v) is 3.06. The van der Waals surface area contributed by atoms with Gasteiger partial charge < -0.3 is 20.1 Å². The predicted molar refractivity (Wildman–Crippen MR) is 76.8 cm³/mol. The first-order chi connectivity index (χ1) is 9.65. The molecule has 1 aliphatic heterocycles. The molecule has 110 valence electrons. The van der Waals surface area contributed by atoms with Gasteiger partial charge in [0.1, 0.15) is 0 Å². The van der Waals surface area contributed by atoms with Crippen molar-refractivity contribution < 1.29 is 14.3 Å². The first-order valence-electron chi connectivity index (χ1n) is 7.04. The number of carbonyl (C=O) groups excluding carboxylic acids is 1. The van der Waals surface area contributed by atoms with E-state index in [9.17, 15) is 4.79 Å². The highest BCUT2D eigenvalue weighted by Crippen LogP contribution is 2.32. The van der Waals surface area contributed by atoms with E-state index in [0.29, 0.717) is 19.0 Å². The van der Waals surface area contributed by atoms with E-state index in [0.717, 1.165) is 30.0 Å². The predicted octanol–water partition coefficient (Wildman–Crippen LogP) is 1.81. The third kappa shape index (κ3) is 4.42. The van der Waals surface area contributed by atoms with Crippen molar-refractivity contribution in [3.63, 3.8) is 0 Å². The van der Waals surface area contributed by atoms with Gasteiger partial charge in [0.25, 0.3) is 0 Å². The molecule has 5 heteroatoms. The summed E-state index contributed by atoms with van der Waals surface area (Å²) in [4.78, 5) is 11.7. The van der Waals surface area contributed by atoms with Gasteiger partial charge in [0.15, 0.2) is 11.5 Å². The normalized spacial score (nSPS) is 12.8. The second-order valence-corrected chi connectivity index (χ2v) is 5.18. The number of hydrogen-bond acceptors (Lipinski definition) is 4. The maximum Gasteiger partial charge on any atom is 0.231 e. The lowest BCUT2D eigenvalue weighted by atomic mass is 10.2. The first-order valence-corrected chi connectivity index (χ1v) is 7.04. The average molecular weight is 278 g/mol. The van der Waals surface area contributed by atoms with E-state index in [1.54, 1.807) is 0 Å². The lowest BCUT2D eigenvalue weighted by molar-refractivity contribution is -0.121. The molecule has 0 bridgehead atoms. The Morgan fingerprint density at radius 1 is 1.30 bits per heavy atom. The van der Waals surface area contributed by atoms with Gasteiger partial charge in [0.2, 0.25) is 12.7 Å². The van der Waals surface area contributed by atoms with Crippen LogP contribution in [0.25, 0.3) is 0 Å². The smallest absolute Gasteiger partial charge is 0.231 e. The van der Waals surface area contributed by atoms with Gasteiger partial charge in [-0.15, -0.1) is 0 Å². The molecule has 5 nitrogen and oxygen atoms in total.